The van der Waals surface area contributed by atoms with E-state index in [0.717, 1.165) is 34.4 Å². The first kappa shape index (κ1) is 19.0. The molecule has 144 valence electrons. The zero-order valence-corrected chi connectivity index (χ0v) is 17.0. The molecule has 0 N–H and O–H groups in total. The normalized spacial score (nSPS) is 13.5. The van der Waals surface area contributed by atoms with E-state index in [-0.39, 0.29) is 0 Å². The molecule has 1 aliphatic carbocycles. The van der Waals surface area contributed by atoms with Crippen LogP contribution in [0.2, 0.25) is 5.02 Å². The van der Waals surface area contributed by atoms with Crippen molar-refractivity contribution in [3.05, 3.63) is 77.4 Å². The molecule has 0 amide bonds. The summed E-state index contributed by atoms with van der Waals surface area (Å²) in [7, 11) is 0. The first-order valence-electron chi connectivity index (χ1n) is 9.21. The zero-order valence-electron chi connectivity index (χ0n) is 15.4. The van der Waals surface area contributed by atoms with Gasteiger partial charge < -0.3 is 9.30 Å². The van der Waals surface area contributed by atoms with Gasteiger partial charge in [-0.05, 0) is 37.1 Å². The summed E-state index contributed by atoms with van der Waals surface area (Å²) in [5.74, 6) is 3.13. The summed E-state index contributed by atoms with van der Waals surface area (Å²) in [4.78, 5) is 4.13. The first-order chi connectivity index (χ1) is 13.7. The predicted octanol–water partition coefficient (Wildman–Crippen LogP) is 5.26. The number of halogens is 1. The second-order valence-corrected chi connectivity index (χ2v) is 8.08. The Labute approximate surface area is 173 Å². The minimum atomic E-state index is 0.464. The number of aromatic nitrogens is 4. The highest BCUT2D eigenvalue weighted by atomic mass is 35.5. The average Bonchev–Trinajstić information content (AvgIpc) is 3.48. The van der Waals surface area contributed by atoms with Gasteiger partial charge in [-0.2, -0.15) is 0 Å². The van der Waals surface area contributed by atoms with Gasteiger partial charge in [0.15, 0.2) is 5.16 Å². The molecule has 0 aliphatic heterocycles. The Hall–Kier alpha value is -2.31. The third-order valence-electron chi connectivity index (χ3n) is 4.50. The molecule has 0 saturated heterocycles. The molecule has 1 aliphatic rings. The van der Waals surface area contributed by atoms with Gasteiger partial charge >= 0.3 is 0 Å². The lowest BCUT2D eigenvalue weighted by Crippen LogP contribution is -2.03. The van der Waals surface area contributed by atoms with E-state index in [1.807, 2.05) is 42.6 Å². The van der Waals surface area contributed by atoms with Crippen molar-refractivity contribution in [1.29, 1.82) is 0 Å². The lowest BCUT2D eigenvalue weighted by molar-refractivity contribution is 0.303. The van der Waals surface area contributed by atoms with Gasteiger partial charge in [0.1, 0.15) is 18.2 Å². The zero-order chi connectivity index (χ0) is 19.3. The second-order valence-electron chi connectivity index (χ2n) is 6.70. The van der Waals surface area contributed by atoms with Crippen molar-refractivity contribution < 1.29 is 4.74 Å². The largest absolute Gasteiger partial charge is 0.489 e. The third kappa shape index (κ3) is 4.56. The fourth-order valence-electron chi connectivity index (χ4n) is 2.94. The second kappa shape index (κ2) is 8.80. The number of pyridine rings is 1. The van der Waals surface area contributed by atoms with Crippen LogP contribution in [-0.4, -0.2) is 19.7 Å². The first-order valence-corrected chi connectivity index (χ1v) is 10.6. The number of allylic oxidation sites excluding steroid dienone is 1. The smallest absolute Gasteiger partial charge is 0.191 e. The van der Waals surface area contributed by atoms with Gasteiger partial charge in [0, 0.05) is 46.8 Å². The van der Waals surface area contributed by atoms with Crippen molar-refractivity contribution >= 4 is 23.4 Å². The van der Waals surface area contributed by atoms with Crippen molar-refractivity contribution in [3.8, 4) is 5.75 Å². The van der Waals surface area contributed by atoms with Gasteiger partial charge in [-0.15, -0.1) is 16.8 Å². The van der Waals surface area contributed by atoms with E-state index in [1.54, 1.807) is 18.0 Å². The molecule has 0 unspecified atom stereocenters. The maximum atomic E-state index is 6.23. The van der Waals surface area contributed by atoms with Crippen molar-refractivity contribution in [2.45, 2.75) is 42.8 Å². The van der Waals surface area contributed by atoms with E-state index in [9.17, 15) is 0 Å². The number of nitrogens with zero attached hydrogens (tertiary/aromatic N) is 4. The molecule has 5 nitrogen and oxygen atoms in total. The van der Waals surface area contributed by atoms with Gasteiger partial charge in [-0.1, -0.05) is 35.5 Å². The highest BCUT2D eigenvalue weighted by Gasteiger charge is 2.30. The van der Waals surface area contributed by atoms with Crippen molar-refractivity contribution in [3.63, 3.8) is 0 Å². The van der Waals surface area contributed by atoms with Crippen LogP contribution in [-0.2, 0) is 18.9 Å². The lowest BCUT2D eigenvalue weighted by Gasteiger charge is -2.12. The molecule has 4 rings (SSSR count). The molecule has 2 heterocycles. The molecule has 1 aromatic carbocycles. The van der Waals surface area contributed by atoms with Crippen LogP contribution in [0, 0.1) is 0 Å². The Morgan fingerprint density at radius 3 is 2.93 bits per heavy atom. The summed E-state index contributed by atoms with van der Waals surface area (Å²) in [5.41, 5.74) is 2.05. The molecule has 7 heteroatoms. The van der Waals surface area contributed by atoms with Crippen molar-refractivity contribution in [2.75, 3.05) is 0 Å². The fourth-order valence-corrected chi connectivity index (χ4v) is 4.07. The maximum absolute atomic E-state index is 6.23. The number of benzene rings is 1. The highest BCUT2D eigenvalue weighted by molar-refractivity contribution is 7.98. The van der Waals surface area contributed by atoms with E-state index in [4.69, 9.17) is 16.3 Å². The fraction of sp³-hybridized carbons (Fsp3) is 0.286. The molecule has 1 saturated carbocycles. The molecule has 0 bridgehead atoms. The summed E-state index contributed by atoms with van der Waals surface area (Å²) in [6, 6.07) is 9.61. The number of hydrogen-bond acceptors (Lipinski definition) is 5. The van der Waals surface area contributed by atoms with Crippen LogP contribution in [0.3, 0.4) is 0 Å². The topological polar surface area (TPSA) is 52.8 Å². The molecular weight excluding hydrogens is 392 g/mol. The number of hydrogen-bond donors (Lipinski definition) is 0. The lowest BCUT2D eigenvalue weighted by atomic mass is 10.2. The van der Waals surface area contributed by atoms with Gasteiger partial charge in [-0.25, -0.2) is 0 Å². The molecular formula is C21H21ClN4OS. The monoisotopic (exact) mass is 412 g/mol. The molecule has 0 spiro atoms. The molecule has 3 aromatic rings. The van der Waals surface area contributed by atoms with Crippen LogP contribution in [0.15, 0.2) is 60.5 Å². The molecule has 0 atom stereocenters. The number of rotatable bonds is 9. The Kier molecular flexibility index (Phi) is 5.98. The number of thioether (sulfide) groups is 1. The minimum absolute atomic E-state index is 0.464. The van der Waals surface area contributed by atoms with E-state index in [2.05, 4.69) is 26.3 Å². The minimum Gasteiger partial charge on any atom is -0.489 e. The van der Waals surface area contributed by atoms with Crippen LogP contribution in [0.5, 0.6) is 5.75 Å². The van der Waals surface area contributed by atoms with Gasteiger partial charge in [0.2, 0.25) is 0 Å². The van der Waals surface area contributed by atoms with Crippen molar-refractivity contribution in [2.24, 2.45) is 0 Å². The SMILES string of the molecule is C=CCn1c(SCc2cc(Cl)ccc2OCc2cccnc2)nnc1C1CC1. The maximum Gasteiger partial charge on any atom is 0.191 e. The summed E-state index contributed by atoms with van der Waals surface area (Å²) >= 11 is 7.87. The van der Waals surface area contributed by atoms with Gasteiger partial charge in [-0.3, -0.25) is 4.98 Å². The molecule has 2 aromatic heterocycles. The Morgan fingerprint density at radius 1 is 1.29 bits per heavy atom. The Balaban J connectivity index is 1.48. The van der Waals surface area contributed by atoms with Crippen LogP contribution in [0.4, 0.5) is 0 Å². The van der Waals surface area contributed by atoms with E-state index in [0.29, 0.717) is 23.3 Å². The Morgan fingerprint density at radius 2 is 2.18 bits per heavy atom. The van der Waals surface area contributed by atoms with Gasteiger partial charge in [0.05, 0.1) is 0 Å². The van der Waals surface area contributed by atoms with Crippen molar-refractivity contribution in [1.82, 2.24) is 19.7 Å². The van der Waals surface area contributed by atoms with Crippen LogP contribution < -0.4 is 4.74 Å². The van der Waals surface area contributed by atoms with E-state index < -0.39 is 0 Å². The molecule has 28 heavy (non-hydrogen) atoms. The van der Waals surface area contributed by atoms with Crippen LogP contribution in [0.1, 0.15) is 35.7 Å². The summed E-state index contributed by atoms with van der Waals surface area (Å²) in [5, 5.41) is 10.4. The standard InChI is InChI=1S/C21H21ClN4OS/c1-2-10-26-20(16-5-6-16)24-25-21(26)28-14-17-11-18(22)7-8-19(17)27-13-15-4-3-9-23-12-15/h2-4,7-9,11-12,16H,1,5-6,10,13-14H2. The number of ether oxygens (including phenoxy) is 1. The molecule has 0 radical (unpaired) electrons. The van der Waals surface area contributed by atoms with Gasteiger partial charge in [0.25, 0.3) is 0 Å². The summed E-state index contributed by atoms with van der Waals surface area (Å²) < 4.78 is 8.19. The van der Waals surface area contributed by atoms with Crippen LogP contribution >= 0.6 is 23.4 Å². The quantitative estimate of drug-likeness (QED) is 0.354. The predicted molar refractivity (Wildman–Crippen MR) is 112 cm³/mol. The summed E-state index contributed by atoms with van der Waals surface area (Å²) in [6.07, 6.45) is 7.84. The Bertz CT molecular complexity index is 956. The third-order valence-corrected chi connectivity index (χ3v) is 5.75. The van der Waals surface area contributed by atoms with E-state index in [1.165, 1.54) is 12.8 Å². The average molecular weight is 413 g/mol. The molecule has 1 fully saturated rings. The van der Waals surface area contributed by atoms with Crippen LogP contribution in [0.25, 0.3) is 0 Å². The van der Waals surface area contributed by atoms with E-state index >= 15 is 0 Å². The highest BCUT2D eigenvalue weighted by Crippen LogP contribution is 2.40. The summed E-state index contributed by atoms with van der Waals surface area (Å²) in [6.45, 7) is 5.05.